The van der Waals surface area contributed by atoms with E-state index in [1.165, 1.54) is 18.4 Å². The third-order valence-corrected chi connectivity index (χ3v) is 4.67. The van der Waals surface area contributed by atoms with Crippen molar-refractivity contribution in [3.05, 3.63) is 63.4 Å². The maximum atomic E-state index is 12.4. The van der Waals surface area contributed by atoms with Gasteiger partial charge in [-0.3, -0.25) is 9.59 Å². The molecule has 1 aromatic heterocycles. The zero-order valence-corrected chi connectivity index (χ0v) is 15.3. The Morgan fingerprint density at radius 2 is 2.00 bits per heavy atom. The van der Waals surface area contributed by atoms with Gasteiger partial charge >= 0.3 is 0 Å². The van der Waals surface area contributed by atoms with Crippen molar-refractivity contribution in [3.63, 3.8) is 0 Å². The topological polar surface area (TPSA) is 104 Å². The Morgan fingerprint density at radius 1 is 1.22 bits per heavy atom. The van der Waals surface area contributed by atoms with Gasteiger partial charge in [-0.1, -0.05) is 30.3 Å². The predicted octanol–water partition coefficient (Wildman–Crippen LogP) is 1.94. The summed E-state index contributed by atoms with van der Waals surface area (Å²) in [6, 6.07) is 12.6. The highest BCUT2D eigenvalue weighted by Crippen LogP contribution is 2.30. The van der Waals surface area contributed by atoms with Crippen molar-refractivity contribution in [2.24, 2.45) is 4.99 Å². The fourth-order valence-electron chi connectivity index (χ4n) is 2.56. The summed E-state index contributed by atoms with van der Waals surface area (Å²) in [6.45, 7) is 0.614. The molecule has 1 aliphatic heterocycles. The summed E-state index contributed by atoms with van der Waals surface area (Å²) in [7, 11) is 1.52. The Hall–Kier alpha value is -3.28. The molecule has 1 aliphatic rings. The van der Waals surface area contributed by atoms with E-state index < -0.39 is 5.91 Å². The van der Waals surface area contributed by atoms with Crippen molar-refractivity contribution in [1.29, 1.82) is 5.26 Å². The number of thiophene rings is 1. The molecule has 2 aromatic rings. The van der Waals surface area contributed by atoms with Crippen LogP contribution >= 0.6 is 11.3 Å². The standard InChI is InChI=1S/C19H16N4O3S/c1-26-9-8-21-18(24)14(11-20)16-12-5-2-3-6-13(12)17(22-16)23-19(25)15-7-4-10-27-15/h2-7,10H,8-9H2,1H3,(H,21,24)(H,22,23,25)/b16-14-. The molecule has 2 N–H and O–H groups in total. The lowest BCUT2D eigenvalue weighted by molar-refractivity contribution is -0.117. The van der Waals surface area contributed by atoms with E-state index in [0.717, 1.165) is 0 Å². The largest absolute Gasteiger partial charge is 0.383 e. The van der Waals surface area contributed by atoms with Crippen molar-refractivity contribution < 1.29 is 14.3 Å². The van der Waals surface area contributed by atoms with Crippen LogP contribution in [0.3, 0.4) is 0 Å². The molecule has 0 spiro atoms. The first-order valence-electron chi connectivity index (χ1n) is 8.10. The predicted molar refractivity (Wildman–Crippen MR) is 102 cm³/mol. The first-order valence-corrected chi connectivity index (χ1v) is 8.98. The van der Waals surface area contributed by atoms with Crippen LogP contribution in [0.5, 0.6) is 0 Å². The number of aliphatic imine (C=N–C) groups is 1. The second-order valence-corrected chi connectivity index (χ2v) is 6.47. The molecule has 0 bridgehead atoms. The number of nitrogens with zero attached hydrogens (tertiary/aromatic N) is 2. The normalized spacial score (nSPS) is 14.0. The number of ether oxygens (including phenoxy) is 1. The average Bonchev–Trinajstić information content (AvgIpc) is 3.32. The minimum absolute atomic E-state index is 0.112. The number of nitriles is 1. The second-order valence-electron chi connectivity index (χ2n) is 5.52. The number of hydrogen-bond acceptors (Lipinski definition) is 6. The molecule has 2 amide bonds. The van der Waals surface area contributed by atoms with E-state index >= 15 is 0 Å². The molecule has 27 heavy (non-hydrogen) atoms. The summed E-state index contributed by atoms with van der Waals surface area (Å²) < 4.78 is 4.90. The molecule has 0 saturated carbocycles. The Labute approximate surface area is 160 Å². The third kappa shape index (κ3) is 3.95. The number of benzene rings is 1. The Morgan fingerprint density at radius 3 is 2.67 bits per heavy atom. The lowest BCUT2D eigenvalue weighted by Crippen LogP contribution is -2.29. The van der Waals surface area contributed by atoms with Crippen molar-refractivity contribution >= 4 is 34.7 Å². The maximum Gasteiger partial charge on any atom is 0.266 e. The van der Waals surface area contributed by atoms with Gasteiger partial charge in [0, 0.05) is 24.8 Å². The molecule has 0 saturated heterocycles. The van der Waals surface area contributed by atoms with Crippen LogP contribution < -0.4 is 10.6 Å². The molecule has 2 heterocycles. The molecule has 0 atom stereocenters. The number of rotatable bonds is 5. The molecule has 136 valence electrons. The van der Waals surface area contributed by atoms with E-state index in [-0.39, 0.29) is 23.7 Å². The van der Waals surface area contributed by atoms with E-state index in [1.807, 2.05) is 11.4 Å². The van der Waals surface area contributed by atoms with Crippen LogP contribution in [0.1, 0.15) is 20.8 Å². The lowest BCUT2D eigenvalue weighted by atomic mass is 10.0. The number of hydrogen-bond donors (Lipinski definition) is 2. The minimum atomic E-state index is -0.533. The number of nitrogens with one attached hydrogen (secondary N) is 2. The Balaban J connectivity index is 1.95. The highest BCUT2D eigenvalue weighted by molar-refractivity contribution is 7.12. The fourth-order valence-corrected chi connectivity index (χ4v) is 3.18. The molecule has 1 aromatic carbocycles. The smallest absolute Gasteiger partial charge is 0.266 e. The monoisotopic (exact) mass is 380 g/mol. The van der Waals surface area contributed by atoms with E-state index in [2.05, 4.69) is 15.6 Å². The van der Waals surface area contributed by atoms with Crippen molar-refractivity contribution in [3.8, 4) is 6.07 Å². The summed E-state index contributed by atoms with van der Waals surface area (Å²) in [5.74, 6) is -0.506. The molecule has 0 unspecified atom stereocenters. The van der Waals surface area contributed by atoms with Gasteiger partial charge in [0.2, 0.25) is 0 Å². The van der Waals surface area contributed by atoms with Crippen LogP contribution in [0, 0.1) is 11.3 Å². The number of amides is 2. The van der Waals surface area contributed by atoms with Gasteiger partial charge in [-0.2, -0.15) is 5.26 Å². The summed E-state index contributed by atoms with van der Waals surface area (Å²) >= 11 is 1.32. The maximum absolute atomic E-state index is 12.4. The van der Waals surface area contributed by atoms with Crippen LogP contribution in [0.4, 0.5) is 0 Å². The summed E-state index contributed by atoms with van der Waals surface area (Å²) in [6.07, 6.45) is 0. The Bertz CT molecular complexity index is 971. The average molecular weight is 380 g/mol. The van der Waals surface area contributed by atoms with Crippen LogP contribution in [-0.4, -0.2) is 37.9 Å². The number of fused-ring (bicyclic) bond motifs is 1. The molecule has 0 aliphatic carbocycles. The van der Waals surface area contributed by atoms with Crippen LogP contribution in [-0.2, 0) is 9.53 Å². The molecule has 3 rings (SSSR count). The van der Waals surface area contributed by atoms with Crippen LogP contribution in [0.15, 0.2) is 52.3 Å². The summed E-state index contributed by atoms with van der Waals surface area (Å²) in [5.41, 5.74) is 1.41. The second kappa shape index (κ2) is 8.40. The number of carbonyl (C=O) groups excluding carboxylic acids is 2. The van der Waals surface area contributed by atoms with E-state index in [1.54, 1.807) is 36.4 Å². The molecule has 0 radical (unpaired) electrons. The zero-order valence-electron chi connectivity index (χ0n) is 14.5. The summed E-state index contributed by atoms with van der Waals surface area (Å²) in [4.78, 5) is 29.7. The third-order valence-electron chi connectivity index (χ3n) is 3.81. The van der Waals surface area contributed by atoms with Gasteiger partial charge in [-0.05, 0) is 11.4 Å². The first kappa shape index (κ1) is 18.5. The molecule has 7 nitrogen and oxygen atoms in total. The van der Waals surface area contributed by atoms with Crippen LogP contribution in [0.25, 0.3) is 5.70 Å². The number of carbonyl (C=O) groups is 2. The van der Waals surface area contributed by atoms with Gasteiger partial charge in [0.25, 0.3) is 11.8 Å². The highest BCUT2D eigenvalue weighted by Gasteiger charge is 2.27. The van der Waals surface area contributed by atoms with Gasteiger partial charge in [-0.15, -0.1) is 11.3 Å². The van der Waals surface area contributed by atoms with E-state index in [0.29, 0.717) is 28.4 Å². The van der Waals surface area contributed by atoms with Crippen molar-refractivity contribution in [2.45, 2.75) is 0 Å². The quantitative estimate of drug-likeness (QED) is 0.470. The van der Waals surface area contributed by atoms with Gasteiger partial charge in [0.1, 0.15) is 17.5 Å². The van der Waals surface area contributed by atoms with Gasteiger partial charge in [0.05, 0.1) is 17.2 Å². The Kier molecular flexibility index (Phi) is 5.76. The molecule has 0 fully saturated rings. The van der Waals surface area contributed by atoms with Crippen molar-refractivity contribution in [2.75, 3.05) is 20.3 Å². The van der Waals surface area contributed by atoms with E-state index in [9.17, 15) is 14.9 Å². The first-order chi connectivity index (χ1) is 13.2. The SMILES string of the molecule is COCCNC(=O)/C(C#N)=C1\N=C(NC(=O)c2cccs2)c2ccccc21. The zero-order chi connectivity index (χ0) is 19.2. The van der Waals surface area contributed by atoms with Crippen LogP contribution in [0.2, 0.25) is 0 Å². The number of amidine groups is 1. The minimum Gasteiger partial charge on any atom is -0.383 e. The van der Waals surface area contributed by atoms with Crippen molar-refractivity contribution in [1.82, 2.24) is 10.6 Å². The molecular weight excluding hydrogens is 364 g/mol. The fraction of sp³-hybridized carbons (Fsp3) is 0.158. The lowest BCUT2D eigenvalue weighted by Gasteiger charge is -2.05. The van der Waals surface area contributed by atoms with Gasteiger partial charge < -0.3 is 15.4 Å². The van der Waals surface area contributed by atoms with Gasteiger partial charge in [0.15, 0.2) is 0 Å². The van der Waals surface area contributed by atoms with E-state index in [4.69, 9.17) is 4.74 Å². The summed E-state index contributed by atoms with van der Waals surface area (Å²) in [5, 5.41) is 16.7. The highest BCUT2D eigenvalue weighted by atomic mass is 32.1. The van der Waals surface area contributed by atoms with Gasteiger partial charge in [-0.25, -0.2) is 4.99 Å². The molecule has 8 heteroatoms. The number of methoxy groups -OCH3 is 1. The molecular formula is C19H16N4O3S.